The molecule has 120 valence electrons. The Bertz CT molecular complexity index is 631. The van der Waals surface area contributed by atoms with Gasteiger partial charge in [0.2, 0.25) is 0 Å². The van der Waals surface area contributed by atoms with Crippen molar-refractivity contribution in [3.05, 3.63) is 71.3 Å². The summed E-state index contributed by atoms with van der Waals surface area (Å²) in [6.07, 6.45) is -1.10. The Morgan fingerprint density at radius 2 is 1.70 bits per heavy atom. The van der Waals surface area contributed by atoms with Crippen LogP contribution < -0.4 is 5.32 Å². The van der Waals surface area contributed by atoms with E-state index in [1.807, 2.05) is 31.2 Å². The number of nitrogens with one attached hydrogen (secondary N) is 1. The molecule has 0 aliphatic rings. The largest absolute Gasteiger partial charge is 0.475 e. The van der Waals surface area contributed by atoms with Gasteiger partial charge in [0.15, 0.2) is 6.10 Å². The molecule has 1 unspecified atom stereocenters. The summed E-state index contributed by atoms with van der Waals surface area (Å²) in [6.45, 7) is 1.96. The minimum absolute atomic E-state index is 0.255. The zero-order chi connectivity index (χ0) is 16.8. The molecule has 5 nitrogen and oxygen atoms in total. The van der Waals surface area contributed by atoms with Gasteiger partial charge in [-0.05, 0) is 24.5 Å². The summed E-state index contributed by atoms with van der Waals surface area (Å²) < 4.78 is 0. The Hall–Kier alpha value is -2.15. The van der Waals surface area contributed by atoms with Gasteiger partial charge in [0, 0.05) is 0 Å². The van der Waals surface area contributed by atoms with Crippen LogP contribution in [0.5, 0.6) is 0 Å². The third-order valence-electron chi connectivity index (χ3n) is 3.63. The molecule has 2 aromatic carbocycles. The molecule has 2 aromatic rings. The summed E-state index contributed by atoms with van der Waals surface area (Å²) >= 11 is 0. The molecule has 6 heteroatoms. The number of aryl methyl sites for hydroxylation is 1. The smallest absolute Gasteiger partial charge is 0.426 e. The molecule has 0 saturated carbocycles. The maximum Gasteiger partial charge on any atom is 0.475 e. The molecule has 0 spiro atoms. The molecule has 0 bridgehead atoms. The number of rotatable bonds is 6. The summed E-state index contributed by atoms with van der Waals surface area (Å²) in [6, 6.07) is 16.0. The van der Waals surface area contributed by atoms with Crippen LogP contribution in [0.1, 0.15) is 22.8 Å². The maximum absolute atomic E-state index is 12.1. The summed E-state index contributed by atoms with van der Waals surface area (Å²) in [4.78, 5) is 12.1. The number of carbonyl (C=O) groups excluding carboxylic acids is 1. The van der Waals surface area contributed by atoms with Crippen LogP contribution in [-0.2, 0) is 11.2 Å². The number of benzene rings is 2. The lowest BCUT2D eigenvalue weighted by molar-refractivity contribution is -0.130. The highest BCUT2D eigenvalue weighted by Gasteiger charge is 2.28. The van der Waals surface area contributed by atoms with Crippen molar-refractivity contribution < 1.29 is 19.9 Å². The molecule has 4 N–H and O–H groups in total. The highest BCUT2D eigenvalue weighted by atomic mass is 16.4. The molecule has 1 amide bonds. The third-order valence-corrected chi connectivity index (χ3v) is 3.63. The Balaban J connectivity index is 2.04. The Labute approximate surface area is 135 Å². The lowest BCUT2D eigenvalue weighted by atomic mass is 9.75. The second kappa shape index (κ2) is 7.92. The number of amides is 1. The fraction of sp³-hybridized carbons (Fsp3) is 0.235. The van der Waals surface area contributed by atoms with Gasteiger partial charge in [0.05, 0.1) is 5.94 Å². The van der Waals surface area contributed by atoms with Crippen molar-refractivity contribution >= 4 is 13.0 Å². The Kier molecular flexibility index (Phi) is 5.93. The van der Waals surface area contributed by atoms with Crippen LogP contribution in [0.15, 0.2) is 54.6 Å². The van der Waals surface area contributed by atoms with Crippen molar-refractivity contribution in [3.63, 3.8) is 0 Å². The van der Waals surface area contributed by atoms with Gasteiger partial charge in [0.25, 0.3) is 5.91 Å². The van der Waals surface area contributed by atoms with Crippen LogP contribution in [0.25, 0.3) is 0 Å². The number of hydrogen-bond acceptors (Lipinski definition) is 4. The molecule has 0 fully saturated rings. The average Bonchev–Trinajstić information content (AvgIpc) is 2.56. The molecule has 0 aromatic heterocycles. The predicted molar refractivity (Wildman–Crippen MR) is 88.4 cm³/mol. The molecule has 0 heterocycles. The van der Waals surface area contributed by atoms with Crippen LogP contribution in [0.4, 0.5) is 0 Å². The molecule has 0 radical (unpaired) electrons. The highest BCUT2D eigenvalue weighted by Crippen LogP contribution is 2.13. The SMILES string of the molecule is Cc1ccc(CC(NC(=O)[C@H](O)c2ccccc2)B(O)O)cc1. The summed E-state index contributed by atoms with van der Waals surface area (Å²) in [5, 5.41) is 31.5. The Morgan fingerprint density at radius 3 is 2.26 bits per heavy atom. The standard InChI is InChI=1S/C17H20BNO4/c1-12-7-9-13(10-8-12)11-15(18(22)23)19-17(21)16(20)14-5-3-2-4-6-14/h2-10,15-16,20,22-23H,11H2,1H3,(H,19,21)/t15?,16-/m1/s1. The summed E-state index contributed by atoms with van der Waals surface area (Å²) in [5.74, 6) is -1.56. The molecular weight excluding hydrogens is 293 g/mol. The van der Waals surface area contributed by atoms with Crippen LogP contribution >= 0.6 is 0 Å². The lowest BCUT2D eigenvalue weighted by Crippen LogP contribution is -2.49. The van der Waals surface area contributed by atoms with E-state index < -0.39 is 25.1 Å². The zero-order valence-corrected chi connectivity index (χ0v) is 12.9. The van der Waals surface area contributed by atoms with Gasteiger partial charge in [-0.25, -0.2) is 0 Å². The van der Waals surface area contributed by atoms with E-state index in [4.69, 9.17) is 0 Å². The molecule has 2 rings (SSSR count). The summed E-state index contributed by atoms with van der Waals surface area (Å²) in [5.41, 5.74) is 2.41. The molecular formula is C17H20BNO4. The second-order valence-electron chi connectivity index (χ2n) is 5.53. The number of aliphatic hydroxyl groups excluding tert-OH is 1. The van der Waals surface area contributed by atoms with Crippen LogP contribution in [0.2, 0.25) is 0 Å². The fourth-order valence-corrected chi connectivity index (χ4v) is 2.26. The first-order chi connectivity index (χ1) is 11.0. The van der Waals surface area contributed by atoms with Gasteiger partial charge in [-0.3, -0.25) is 4.79 Å². The van der Waals surface area contributed by atoms with Crippen LogP contribution in [0, 0.1) is 6.92 Å². The van der Waals surface area contributed by atoms with Gasteiger partial charge >= 0.3 is 7.12 Å². The van der Waals surface area contributed by atoms with E-state index in [2.05, 4.69) is 5.32 Å². The maximum atomic E-state index is 12.1. The van der Waals surface area contributed by atoms with E-state index in [1.54, 1.807) is 30.3 Å². The first kappa shape index (κ1) is 17.2. The summed E-state index contributed by atoms with van der Waals surface area (Å²) in [7, 11) is -1.72. The molecule has 0 aliphatic carbocycles. The van der Waals surface area contributed by atoms with Crippen molar-refractivity contribution in [2.24, 2.45) is 0 Å². The monoisotopic (exact) mass is 313 g/mol. The van der Waals surface area contributed by atoms with E-state index in [0.717, 1.165) is 11.1 Å². The minimum atomic E-state index is -1.72. The van der Waals surface area contributed by atoms with E-state index in [0.29, 0.717) is 5.56 Å². The highest BCUT2D eigenvalue weighted by molar-refractivity contribution is 6.43. The van der Waals surface area contributed by atoms with Gasteiger partial charge in [-0.1, -0.05) is 60.2 Å². The van der Waals surface area contributed by atoms with Crippen LogP contribution in [-0.4, -0.2) is 34.1 Å². The molecule has 23 heavy (non-hydrogen) atoms. The topological polar surface area (TPSA) is 89.8 Å². The van der Waals surface area contributed by atoms with E-state index in [9.17, 15) is 19.9 Å². The minimum Gasteiger partial charge on any atom is -0.426 e. The van der Waals surface area contributed by atoms with Crippen molar-refractivity contribution in [2.45, 2.75) is 25.4 Å². The number of hydrogen-bond donors (Lipinski definition) is 4. The zero-order valence-electron chi connectivity index (χ0n) is 12.9. The fourth-order valence-electron chi connectivity index (χ4n) is 2.26. The van der Waals surface area contributed by atoms with Gasteiger partial charge < -0.3 is 20.5 Å². The van der Waals surface area contributed by atoms with Crippen LogP contribution in [0.3, 0.4) is 0 Å². The van der Waals surface area contributed by atoms with E-state index in [-0.39, 0.29) is 6.42 Å². The van der Waals surface area contributed by atoms with Gasteiger partial charge in [-0.15, -0.1) is 0 Å². The third kappa shape index (κ3) is 4.92. The normalized spacial score (nSPS) is 13.2. The Morgan fingerprint density at radius 1 is 1.09 bits per heavy atom. The molecule has 0 saturated heterocycles. The quantitative estimate of drug-likeness (QED) is 0.593. The lowest BCUT2D eigenvalue weighted by Gasteiger charge is -2.20. The molecule has 2 atom stereocenters. The first-order valence-electron chi connectivity index (χ1n) is 7.42. The van der Waals surface area contributed by atoms with Crippen molar-refractivity contribution in [3.8, 4) is 0 Å². The predicted octanol–water partition coefficient (Wildman–Crippen LogP) is 0.768. The molecule has 0 aliphatic heterocycles. The van der Waals surface area contributed by atoms with E-state index in [1.165, 1.54) is 0 Å². The van der Waals surface area contributed by atoms with Gasteiger partial charge in [-0.2, -0.15) is 0 Å². The van der Waals surface area contributed by atoms with Gasteiger partial charge in [0.1, 0.15) is 0 Å². The number of carbonyl (C=O) groups is 1. The first-order valence-corrected chi connectivity index (χ1v) is 7.42. The number of aliphatic hydroxyl groups is 1. The average molecular weight is 313 g/mol. The van der Waals surface area contributed by atoms with Crippen molar-refractivity contribution in [2.75, 3.05) is 0 Å². The second-order valence-corrected chi connectivity index (χ2v) is 5.53. The van der Waals surface area contributed by atoms with Crippen molar-refractivity contribution in [1.29, 1.82) is 0 Å². The van der Waals surface area contributed by atoms with Crippen molar-refractivity contribution in [1.82, 2.24) is 5.32 Å². The van der Waals surface area contributed by atoms with E-state index >= 15 is 0 Å².